The highest BCUT2D eigenvalue weighted by molar-refractivity contribution is 6.30. The average Bonchev–Trinajstić information content (AvgIpc) is 2.76. The molecule has 5 nitrogen and oxygen atoms in total. The molecule has 3 aromatic rings. The molecule has 2 N–H and O–H groups in total. The van der Waals surface area contributed by atoms with E-state index in [1.165, 1.54) is 6.07 Å². The van der Waals surface area contributed by atoms with Gasteiger partial charge in [0.2, 0.25) is 0 Å². The third-order valence-corrected chi connectivity index (χ3v) is 3.36. The predicted octanol–water partition coefficient (Wildman–Crippen LogP) is 3.25. The number of aryl methyl sites for hydroxylation is 1. The van der Waals surface area contributed by atoms with Gasteiger partial charge in [0.25, 0.3) is 5.91 Å². The molecule has 0 spiro atoms. The van der Waals surface area contributed by atoms with Crippen LogP contribution in [0.3, 0.4) is 0 Å². The molecule has 0 unspecified atom stereocenters. The second-order valence-electron chi connectivity index (χ2n) is 4.59. The average molecular weight is 302 g/mol. The first kappa shape index (κ1) is 13.5. The maximum absolute atomic E-state index is 12.4. The summed E-state index contributed by atoms with van der Waals surface area (Å²) >= 11 is 5.92. The van der Waals surface area contributed by atoms with Crippen molar-refractivity contribution in [3.8, 4) is 5.75 Å². The summed E-state index contributed by atoms with van der Waals surface area (Å²) in [4.78, 5) is 16.7. The van der Waals surface area contributed by atoms with E-state index in [9.17, 15) is 9.90 Å². The number of imidazole rings is 1. The van der Waals surface area contributed by atoms with Gasteiger partial charge in [0, 0.05) is 17.3 Å². The molecule has 3 rings (SSSR count). The summed E-state index contributed by atoms with van der Waals surface area (Å²) in [5, 5.41) is 13.0. The highest BCUT2D eigenvalue weighted by atomic mass is 35.5. The molecule has 0 saturated carbocycles. The number of rotatable bonds is 2. The molecule has 0 aliphatic carbocycles. The fraction of sp³-hybridized carbons (Fsp3) is 0.0667. The van der Waals surface area contributed by atoms with Crippen LogP contribution in [-0.4, -0.2) is 20.4 Å². The van der Waals surface area contributed by atoms with Crippen molar-refractivity contribution in [1.29, 1.82) is 0 Å². The van der Waals surface area contributed by atoms with Gasteiger partial charge in [0.1, 0.15) is 17.1 Å². The smallest absolute Gasteiger partial charge is 0.274 e. The van der Waals surface area contributed by atoms with Gasteiger partial charge in [-0.2, -0.15) is 0 Å². The molecule has 1 amide bonds. The molecular weight excluding hydrogens is 290 g/mol. The highest BCUT2D eigenvalue weighted by Gasteiger charge is 2.17. The van der Waals surface area contributed by atoms with Gasteiger partial charge in [-0.1, -0.05) is 23.7 Å². The third-order valence-electron chi connectivity index (χ3n) is 3.13. The molecule has 106 valence electrons. The highest BCUT2D eigenvalue weighted by Crippen LogP contribution is 2.23. The number of amides is 1. The zero-order chi connectivity index (χ0) is 15.0. The molecule has 2 aromatic heterocycles. The van der Waals surface area contributed by atoms with Gasteiger partial charge in [-0.05, 0) is 25.1 Å². The monoisotopic (exact) mass is 301 g/mol. The minimum Gasteiger partial charge on any atom is -0.506 e. The number of phenols is 1. The van der Waals surface area contributed by atoms with Crippen molar-refractivity contribution in [2.75, 3.05) is 5.32 Å². The molecular formula is C15H12ClN3O2. The Morgan fingerprint density at radius 3 is 2.86 bits per heavy atom. The number of anilines is 1. The van der Waals surface area contributed by atoms with Crippen molar-refractivity contribution in [3.63, 3.8) is 0 Å². The van der Waals surface area contributed by atoms with Crippen LogP contribution >= 0.6 is 11.6 Å². The first-order valence-corrected chi connectivity index (χ1v) is 6.67. The molecule has 0 fully saturated rings. The van der Waals surface area contributed by atoms with Gasteiger partial charge in [0.05, 0.1) is 11.4 Å². The summed E-state index contributed by atoms with van der Waals surface area (Å²) in [5.41, 5.74) is 1.95. The number of nitrogens with zero attached hydrogens (tertiary/aromatic N) is 2. The number of para-hydroxylation sites is 2. The van der Waals surface area contributed by atoms with E-state index in [0.717, 1.165) is 0 Å². The van der Waals surface area contributed by atoms with E-state index in [2.05, 4.69) is 10.3 Å². The first-order valence-electron chi connectivity index (χ1n) is 6.30. The van der Waals surface area contributed by atoms with E-state index in [0.29, 0.717) is 27.7 Å². The topological polar surface area (TPSA) is 66.6 Å². The third kappa shape index (κ3) is 2.43. The molecule has 6 heteroatoms. The lowest BCUT2D eigenvalue weighted by atomic mass is 10.2. The van der Waals surface area contributed by atoms with E-state index < -0.39 is 0 Å². The number of fused-ring (bicyclic) bond motifs is 1. The van der Waals surface area contributed by atoms with E-state index >= 15 is 0 Å². The Balaban J connectivity index is 2.02. The van der Waals surface area contributed by atoms with E-state index in [1.807, 2.05) is 0 Å². The lowest BCUT2D eigenvalue weighted by molar-refractivity contribution is 0.102. The van der Waals surface area contributed by atoms with Crippen LogP contribution in [0.25, 0.3) is 5.65 Å². The van der Waals surface area contributed by atoms with E-state index in [-0.39, 0.29) is 11.7 Å². The van der Waals surface area contributed by atoms with Crippen LogP contribution in [0, 0.1) is 6.92 Å². The fourth-order valence-corrected chi connectivity index (χ4v) is 2.33. The Morgan fingerprint density at radius 1 is 1.33 bits per heavy atom. The lowest BCUT2D eigenvalue weighted by Gasteiger charge is -2.07. The molecule has 0 radical (unpaired) electrons. The summed E-state index contributed by atoms with van der Waals surface area (Å²) < 4.78 is 1.66. The zero-order valence-electron chi connectivity index (χ0n) is 11.2. The number of hydrogen-bond donors (Lipinski definition) is 2. The van der Waals surface area contributed by atoms with Crippen LogP contribution in [-0.2, 0) is 0 Å². The number of aromatic hydroxyl groups is 1. The Bertz CT molecular complexity index is 842. The maximum atomic E-state index is 12.4. The number of carbonyl (C=O) groups is 1. The number of nitrogens with one attached hydrogen (secondary N) is 1. The van der Waals surface area contributed by atoms with Gasteiger partial charge in [0.15, 0.2) is 0 Å². The Morgan fingerprint density at radius 2 is 2.10 bits per heavy atom. The molecule has 21 heavy (non-hydrogen) atoms. The molecule has 1 aromatic carbocycles. The van der Waals surface area contributed by atoms with E-state index in [1.54, 1.807) is 47.9 Å². The van der Waals surface area contributed by atoms with Crippen LogP contribution in [0.2, 0.25) is 5.02 Å². The number of phenolic OH excluding ortho intramolecular Hbond substituents is 1. The molecule has 0 aliphatic rings. The van der Waals surface area contributed by atoms with Gasteiger partial charge in [-0.25, -0.2) is 4.98 Å². The van der Waals surface area contributed by atoms with Gasteiger partial charge >= 0.3 is 0 Å². The second kappa shape index (κ2) is 5.10. The summed E-state index contributed by atoms with van der Waals surface area (Å²) in [5.74, 6) is -0.329. The van der Waals surface area contributed by atoms with Crippen molar-refractivity contribution < 1.29 is 9.90 Å². The van der Waals surface area contributed by atoms with Gasteiger partial charge in [-0.3, -0.25) is 9.20 Å². The predicted molar refractivity (Wildman–Crippen MR) is 81.0 cm³/mol. The standard InChI is InChI=1S/C15H12ClN3O2/c1-9-14(19-7-6-10(16)8-13(19)17-9)15(21)18-11-4-2-3-5-12(11)20/h2-8,20H,1H3,(H,18,21). The van der Waals surface area contributed by atoms with Crippen molar-refractivity contribution >= 4 is 28.8 Å². The normalized spacial score (nSPS) is 10.8. The molecule has 0 aliphatic heterocycles. The summed E-state index contributed by atoms with van der Waals surface area (Å²) in [6.07, 6.45) is 1.69. The Hall–Kier alpha value is -2.53. The van der Waals surface area contributed by atoms with E-state index in [4.69, 9.17) is 11.6 Å². The zero-order valence-corrected chi connectivity index (χ0v) is 11.9. The van der Waals surface area contributed by atoms with Crippen LogP contribution in [0.4, 0.5) is 5.69 Å². The fourth-order valence-electron chi connectivity index (χ4n) is 2.17. The van der Waals surface area contributed by atoms with Crippen molar-refractivity contribution in [1.82, 2.24) is 9.38 Å². The van der Waals surface area contributed by atoms with Crippen LogP contribution in [0.15, 0.2) is 42.6 Å². The molecule has 0 atom stereocenters. The Kier molecular flexibility index (Phi) is 3.27. The quantitative estimate of drug-likeness (QED) is 0.714. The summed E-state index contributed by atoms with van der Waals surface area (Å²) in [7, 11) is 0. The first-order chi connectivity index (χ1) is 10.1. The van der Waals surface area contributed by atoms with Gasteiger partial charge in [-0.15, -0.1) is 0 Å². The summed E-state index contributed by atoms with van der Waals surface area (Å²) in [6, 6.07) is 9.93. The second-order valence-corrected chi connectivity index (χ2v) is 5.03. The summed E-state index contributed by atoms with van der Waals surface area (Å²) in [6.45, 7) is 1.75. The van der Waals surface area contributed by atoms with Gasteiger partial charge < -0.3 is 10.4 Å². The number of hydrogen-bond acceptors (Lipinski definition) is 3. The number of halogens is 1. The van der Waals surface area contributed by atoms with Crippen molar-refractivity contribution in [3.05, 3.63) is 59.0 Å². The SMILES string of the molecule is Cc1nc2cc(Cl)ccn2c1C(=O)Nc1ccccc1O. The van der Waals surface area contributed by atoms with Crippen LogP contribution in [0.1, 0.15) is 16.2 Å². The van der Waals surface area contributed by atoms with Crippen LogP contribution < -0.4 is 5.32 Å². The maximum Gasteiger partial charge on any atom is 0.274 e. The molecule has 0 bridgehead atoms. The Labute approximate surface area is 125 Å². The van der Waals surface area contributed by atoms with Crippen molar-refractivity contribution in [2.24, 2.45) is 0 Å². The minimum absolute atomic E-state index is 0.0142. The van der Waals surface area contributed by atoms with Crippen LogP contribution in [0.5, 0.6) is 5.75 Å². The lowest BCUT2D eigenvalue weighted by Crippen LogP contribution is -2.15. The number of benzene rings is 1. The molecule has 0 saturated heterocycles. The number of carbonyl (C=O) groups excluding carboxylic acids is 1. The minimum atomic E-state index is -0.344. The number of pyridine rings is 1. The van der Waals surface area contributed by atoms with Crippen molar-refractivity contribution in [2.45, 2.75) is 6.92 Å². The largest absolute Gasteiger partial charge is 0.506 e. The molecule has 2 heterocycles. The number of aromatic nitrogens is 2.